The van der Waals surface area contributed by atoms with E-state index in [0.717, 1.165) is 25.9 Å². The molecule has 0 bridgehead atoms. The van der Waals surface area contributed by atoms with Crippen molar-refractivity contribution in [2.24, 2.45) is 5.92 Å². The van der Waals surface area contributed by atoms with Gasteiger partial charge in [0.15, 0.2) is 0 Å². The van der Waals surface area contributed by atoms with Crippen molar-refractivity contribution in [3.05, 3.63) is 0 Å². The summed E-state index contributed by atoms with van der Waals surface area (Å²) in [4.78, 5) is 23.3. The Kier molecular flexibility index (Phi) is 3.88. The first-order valence-corrected chi connectivity index (χ1v) is 4.78. The average Bonchev–Trinajstić information content (AvgIpc) is 2.17. The molecule has 0 aromatic heterocycles. The van der Waals surface area contributed by atoms with Crippen LogP contribution in [0.15, 0.2) is 0 Å². The van der Waals surface area contributed by atoms with Crippen LogP contribution in [0, 0.1) is 5.92 Å². The van der Waals surface area contributed by atoms with E-state index in [1.54, 1.807) is 7.05 Å². The van der Waals surface area contributed by atoms with Crippen molar-refractivity contribution < 1.29 is 14.7 Å². The molecule has 0 atom stereocenters. The molecule has 1 aliphatic heterocycles. The van der Waals surface area contributed by atoms with Crippen LogP contribution in [-0.2, 0) is 9.59 Å². The highest BCUT2D eigenvalue weighted by atomic mass is 16.4. The summed E-state index contributed by atoms with van der Waals surface area (Å²) in [5, 5.41) is 11.7. The maximum Gasteiger partial charge on any atom is 0.323 e. The van der Waals surface area contributed by atoms with Gasteiger partial charge in [-0.3, -0.25) is 9.59 Å². The molecule has 1 heterocycles. The fraction of sp³-hybridized carbons (Fsp3) is 0.778. The Labute approximate surface area is 83.1 Å². The number of hydrogen-bond donors (Lipinski definition) is 2. The molecule has 0 radical (unpaired) electrons. The van der Waals surface area contributed by atoms with Gasteiger partial charge in [-0.1, -0.05) is 0 Å². The fourth-order valence-electron chi connectivity index (χ4n) is 1.66. The number of carbonyl (C=O) groups excluding carboxylic acids is 1. The molecule has 1 amide bonds. The Hall–Kier alpha value is -1.10. The smallest absolute Gasteiger partial charge is 0.323 e. The fourth-order valence-corrected chi connectivity index (χ4v) is 1.66. The first-order chi connectivity index (χ1) is 6.61. The first kappa shape index (κ1) is 11.0. The molecule has 0 aromatic rings. The zero-order valence-electron chi connectivity index (χ0n) is 8.32. The van der Waals surface area contributed by atoms with Gasteiger partial charge in [0.25, 0.3) is 0 Å². The van der Waals surface area contributed by atoms with Crippen molar-refractivity contribution in [3.8, 4) is 0 Å². The van der Waals surface area contributed by atoms with E-state index in [0.29, 0.717) is 0 Å². The third kappa shape index (κ3) is 2.99. The second kappa shape index (κ2) is 4.95. The highest BCUT2D eigenvalue weighted by molar-refractivity contribution is 5.82. The van der Waals surface area contributed by atoms with Crippen LogP contribution in [0.25, 0.3) is 0 Å². The molecule has 1 fully saturated rings. The summed E-state index contributed by atoms with van der Waals surface area (Å²) >= 11 is 0. The summed E-state index contributed by atoms with van der Waals surface area (Å²) < 4.78 is 0. The topological polar surface area (TPSA) is 69.6 Å². The molecule has 80 valence electrons. The highest BCUT2D eigenvalue weighted by Gasteiger charge is 2.24. The van der Waals surface area contributed by atoms with E-state index in [4.69, 9.17) is 5.11 Å². The lowest BCUT2D eigenvalue weighted by Gasteiger charge is -2.25. The lowest BCUT2D eigenvalue weighted by molar-refractivity contribution is -0.145. The van der Waals surface area contributed by atoms with E-state index in [1.165, 1.54) is 4.90 Å². The van der Waals surface area contributed by atoms with Crippen LogP contribution in [0.1, 0.15) is 12.8 Å². The van der Waals surface area contributed by atoms with E-state index in [9.17, 15) is 9.59 Å². The Morgan fingerprint density at radius 3 is 2.50 bits per heavy atom. The minimum atomic E-state index is -0.963. The molecule has 5 nitrogen and oxygen atoms in total. The van der Waals surface area contributed by atoms with Crippen molar-refractivity contribution in [3.63, 3.8) is 0 Å². The number of likely N-dealkylation sites (N-methyl/N-ethyl adjacent to an activating group) is 1. The number of rotatable bonds is 3. The third-order valence-electron chi connectivity index (χ3n) is 2.44. The van der Waals surface area contributed by atoms with Crippen molar-refractivity contribution in [1.29, 1.82) is 0 Å². The summed E-state index contributed by atoms with van der Waals surface area (Å²) in [6, 6.07) is 0. The number of carboxylic acid groups (broad SMARTS) is 1. The number of aliphatic carboxylic acids is 1. The van der Waals surface area contributed by atoms with E-state index in [2.05, 4.69) is 5.32 Å². The standard InChI is InChI=1S/C9H16N2O3/c1-11(6-8(12)13)9(14)7-2-4-10-5-3-7/h7,10H,2-6H2,1H3,(H,12,13). The van der Waals surface area contributed by atoms with Gasteiger partial charge in [-0.05, 0) is 25.9 Å². The number of hydrogen-bond acceptors (Lipinski definition) is 3. The second-order valence-electron chi connectivity index (χ2n) is 3.61. The molecule has 1 rings (SSSR count). The van der Waals surface area contributed by atoms with Crippen molar-refractivity contribution in [1.82, 2.24) is 10.2 Å². The van der Waals surface area contributed by atoms with Gasteiger partial charge in [0, 0.05) is 13.0 Å². The van der Waals surface area contributed by atoms with Gasteiger partial charge >= 0.3 is 5.97 Å². The monoisotopic (exact) mass is 200 g/mol. The van der Waals surface area contributed by atoms with E-state index < -0.39 is 5.97 Å². The third-order valence-corrected chi connectivity index (χ3v) is 2.44. The minimum absolute atomic E-state index is 0.000556. The predicted octanol–water partition coefficient (Wildman–Crippen LogP) is -0.471. The van der Waals surface area contributed by atoms with Crippen molar-refractivity contribution in [2.75, 3.05) is 26.7 Å². The number of piperidine rings is 1. The summed E-state index contributed by atoms with van der Waals surface area (Å²) in [5.74, 6) is -1.01. The Balaban J connectivity index is 2.42. The molecule has 0 aliphatic carbocycles. The first-order valence-electron chi connectivity index (χ1n) is 4.78. The van der Waals surface area contributed by atoms with Gasteiger partial charge in [0.2, 0.25) is 5.91 Å². The SMILES string of the molecule is CN(CC(=O)O)C(=O)C1CCNCC1. The van der Waals surface area contributed by atoms with Crippen LogP contribution in [0.4, 0.5) is 0 Å². The lowest BCUT2D eigenvalue weighted by atomic mass is 9.97. The van der Waals surface area contributed by atoms with E-state index >= 15 is 0 Å². The summed E-state index contributed by atoms with van der Waals surface area (Å²) in [6.07, 6.45) is 1.62. The largest absolute Gasteiger partial charge is 0.480 e. The Morgan fingerprint density at radius 1 is 1.43 bits per heavy atom. The van der Waals surface area contributed by atoms with Crippen molar-refractivity contribution >= 4 is 11.9 Å². The molecule has 0 unspecified atom stereocenters. The maximum atomic E-state index is 11.7. The number of nitrogens with one attached hydrogen (secondary N) is 1. The number of carbonyl (C=O) groups is 2. The van der Waals surface area contributed by atoms with Crippen LogP contribution in [-0.4, -0.2) is 48.6 Å². The number of nitrogens with zero attached hydrogens (tertiary/aromatic N) is 1. The quantitative estimate of drug-likeness (QED) is 0.646. The molecule has 5 heteroatoms. The average molecular weight is 200 g/mol. The normalized spacial score (nSPS) is 17.8. The van der Waals surface area contributed by atoms with Gasteiger partial charge in [0.1, 0.15) is 6.54 Å². The Morgan fingerprint density at radius 2 is 2.00 bits per heavy atom. The molecule has 14 heavy (non-hydrogen) atoms. The second-order valence-corrected chi connectivity index (χ2v) is 3.61. The molecule has 0 aromatic carbocycles. The molecule has 1 aliphatic rings. The van der Waals surface area contributed by atoms with Crippen molar-refractivity contribution in [2.45, 2.75) is 12.8 Å². The van der Waals surface area contributed by atoms with Gasteiger partial charge in [-0.25, -0.2) is 0 Å². The molecular weight excluding hydrogens is 184 g/mol. The minimum Gasteiger partial charge on any atom is -0.480 e. The molecule has 0 saturated carbocycles. The van der Waals surface area contributed by atoms with E-state index in [1.807, 2.05) is 0 Å². The van der Waals surface area contributed by atoms with Gasteiger partial charge < -0.3 is 15.3 Å². The molecule has 2 N–H and O–H groups in total. The summed E-state index contributed by atoms with van der Waals surface area (Å²) in [6.45, 7) is 1.48. The molecule has 1 saturated heterocycles. The zero-order chi connectivity index (χ0) is 10.6. The maximum absolute atomic E-state index is 11.7. The van der Waals surface area contributed by atoms with Crippen LogP contribution < -0.4 is 5.32 Å². The zero-order valence-corrected chi connectivity index (χ0v) is 8.32. The number of amides is 1. The summed E-state index contributed by atoms with van der Waals surface area (Å²) in [7, 11) is 1.54. The summed E-state index contributed by atoms with van der Waals surface area (Å²) in [5.41, 5.74) is 0. The van der Waals surface area contributed by atoms with Crippen LogP contribution in [0.3, 0.4) is 0 Å². The van der Waals surface area contributed by atoms with Crippen LogP contribution >= 0.6 is 0 Å². The predicted molar refractivity (Wildman–Crippen MR) is 50.9 cm³/mol. The molecule has 0 spiro atoms. The van der Waals surface area contributed by atoms with Crippen LogP contribution in [0.5, 0.6) is 0 Å². The highest BCUT2D eigenvalue weighted by Crippen LogP contribution is 2.13. The molecular formula is C9H16N2O3. The van der Waals surface area contributed by atoms with Gasteiger partial charge in [-0.15, -0.1) is 0 Å². The van der Waals surface area contributed by atoms with Crippen LogP contribution in [0.2, 0.25) is 0 Å². The lowest BCUT2D eigenvalue weighted by Crippen LogP contribution is -2.41. The van der Waals surface area contributed by atoms with E-state index in [-0.39, 0.29) is 18.4 Å². The van der Waals surface area contributed by atoms with Gasteiger partial charge in [-0.2, -0.15) is 0 Å². The number of carboxylic acids is 1. The Bertz CT molecular complexity index is 224. The van der Waals surface area contributed by atoms with Gasteiger partial charge in [0.05, 0.1) is 0 Å².